The van der Waals surface area contributed by atoms with Crippen molar-refractivity contribution >= 4 is 28.3 Å². The summed E-state index contributed by atoms with van der Waals surface area (Å²) in [6.07, 6.45) is 3.13. The molecule has 3 aromatic rings. The lowest BCUT2D eigenvalue weighted by Gasteiger charge is -2.18. The fourth-order valence-corrected chi connectivity index (χ4v) is 2.78. The Balaban J connectivity index is 1.83. The fourth-order valence-electron chi connectivity index (χ4n) is 2.78. The number of fused-ring (bicyclic) bond motifs is 1. The normalized spacial score (nSPS) is 11.6. The molecule has 0 radical (unpaired) electrons. The zero-order valence-corrected chi connectivity index (χ0v) is 16.1. The van der Waals surface area contributed by atoms with Gasteiger partial charge in [-0.05, 0) is 31.2 Å². The van der Waals surface area contributed by atoms with Crippen LogP contribution in [0.25, 0.3) is 11.0 Å². The number of benzene rings is 2. The molecule has 2 N–H and O–H groups in total. The molecule has 0 saturated carbocycles. The average Bonchev–Trinajstić information content (AvgIpc) is 2.73. The van der Waals surface area contributed by atoms with E-state index in [2.05, 4.69) is 20.6 Å². The number of hydrogen-bond donors (Lipinski definition) is 2. The molecule has 1 atom stereocenters. The van der Waals surface area contributed by atoms with Gasteiger partial charge in [-0.3, -0.25) is 4.79 Å². The van der Waals surface area contributed by atoms with Crippen LogP contribution in [0.3, 0.4) is 0 Å². The minimum Gasteiger partial charge on any atom is -0.497 e. The maximum absolute atomic E-state index is 12.7. The molecule has 0 aliphatic rings. The van der Waals surface area contributed by atoms with Crippen molar-refractivity contribution in [2.24, 2.45) is 0 Å². The summed E-state index contributed by atoms with van der Waals surface area (Å²) in [7, 11) is 4.66. The highest BCUT2D eigenvalue weighted by molar-refractivity contribution is 6.02. The zero-order valence-electron chi connectivity index (χ0n) is 16.1. The predicted octanol–water partition coefficient (Wildman–Crippen LogP) is 3.09. The highest BCUT2D eigenvalue weighted by Crippen LogP contribution is 2.37. The highest BCUT2D eigenvalue weighted by atomic mass is 16.5. The molecule has 0 aliphatic heterocycles. The van der Waals surface area contributed by atoms with E-state index in [9.17, 15) is 4.79 Å². The number of anilines is 2. The molecule has 28 heavy (non-hydrogen) atoms. The van der Waals surface area contributed by atoms with E-state index in [0.717, 1.165) is 11.4 Å². The Morgan fingerprint density at radius 3 is 2.25 bits per heavy atom. The van der Waals surface area contributed by atoms with Crippen LogP contribution in [0.4, 0.5) is 11.4 Å². The summed E-state index contributed by atoms with van der Waals surface area (Å²) < 4.78 is 16.0. The summed E-state index contributed by atoms with van der Waals surface area (Å²) in [5.41, 5.74) is 2.33. The van der Waals surface area contributed by atoms with Gasteiger partial charge in [0.2, 0.25) is 5.91 Å². The van der Waals surface area contributed by atoms with E-state index in [1.165, 1.54) is 14.2 Å². The number of ether oxygens (including phenoxy) is 3. The van der Waals surface area contributed by atoms with E-state index in [4.69, 9.17) is 14.2 Å². The lowest BCUT2D eigenvalue weighted by atomic mass is 10.2. The molecule has 0 spiro atoms. The van der Waals surface area contributed by atoms with Crippen LogP contribution in [-0.2, 0) is 4.79 Å². The standard InChI is InChI=1S/C20H22N4O4/c1-12(23-13-5-7-14(26-2)8-6-13)20(25)24-15-11-16(27-3)17-18(19(15)28-4)22-10-9-21-17/h5-12,23H,1-4H3,(H,24,25). The van der Waals surface area contributed by atoms with Crippen molar-refractivity contribution in [3.05, 3.63) is 42.7 Å². The first-order valence-electron chi connectivity index (χ1n) is 8.64. The quantitative estimate of drug-likeness (QED) is 0.648. The summed E-state index contributed by atoms with van der Waals surface area (Å²) >= 11 is 0. The number of carbonyl (C=O) groups excluding carboxylic acids is 1. The van der Waals surface area contributed by atoms with Crippen molar-refractivity contribution in [2.75, 3.05) is 32.0 Å². The van der Waals surface area contributed by atoms with E-state index in [1.54, 1.807) is 32.5 Å². The van der Waals surface area contributed by atoms with Crippen LogP contribution >= 0.6 is 0 Å². The van der Waals surface area contributed by atoms with Crippen molar-refractivity contribution < 1.29 is 19.0 Å². The molecular formula is C20H22N4O4. The van der Waals surface area contributed by atoms with Crippen LogP contribution in [0.2, 0.25) is 0 Å². The van der Waals surface area contributed by atoms with Gasteiger partial charge in [-0.15, -0.1) is 0 Å². The van der Waals surface area contributed by atoms with Gasteiger partial charge in [-0.1, -0.05) is 0 Å². The number of amides is 1. The minimum absolute atomic E-state index is 0.237. The van der Waals surface area contributed by atoms with Crippen LogP contribution in [0.15, 0.2) is 42.7 Å². The molecule has 1 unspecified atom stereocenters. The van der Waals surface area contributed by atoms with Gasteiger partial charge in [0.05, 0.1) is 27.0 Å². The Kier molecular flexibility index (Phi) is 5.78. The van der Waals surface area contributed by atoms with Crippen molar-refractivity contribution in [3.63, 3.8) is 0 Å². The SMILES string of the molecule is COc1ccc(NC(C)C(=O)Nc2cc(OC)c3nccnc3c2OC)cc1. The fraction of sp³-hybridized carbons (Fsp3) is 0.250. The first kappa shape index (κ1) is 19.2. The Hall–Kier alpha value is -3.55. The molecular weight excluding hydrogens is 360 g/mol. The molecule has 0 aliphatic carbocycles. The lowest BCUT2D eigenvalue weighted by molar-refractivity contribution is -0.116. The van der Waals surface area contributed by atoms with Gasteiger partial charge >= 0.3 is 0 Å². The number of aromatic nitrogens is 2. The summed E-state index contributed by atoms with van der Waals surface area (Å²) in [5.74, 6) is 1.43. The van der Waals surface area contributed by atoms with E-state index < -0.39 is 6.04 Å². The summed E-state index contributed by atoms with van der Waals surface area (Å²) in [6.45, 7) is 1.77. The summed E-state index contributed by atoms with van der Waals surface area (Å²) in [4.78, 5) is 21.3. The van der Waals surface area contributed by atoms with E-state index in [1.807, 2.05) is 24.3 Å². The largest absolute Gasteiger partial charge is 0.497 e. The Bertz CT molecular complexity index is 976. The first-order chi connectivity index (χ1) is 13.6. The van der Waals surface area contributed by atoms with Gasteiger partial charge in [-0.2, -0.15) is 0 Å². The third-order valence-electron chi connectivity index (χ3n) is 4.22. The Morgan fingerprint density at radius 2 is 1.64 bits per heavy atom. The Labute approximate surface area is 162 Å². The number of hydrogen-bond acceptors (Lipinski definition) is 7. The van der Waals surface area contributed by atoms with Crippen LogP contribution in [0.1, 0.15) is 6.92 Å². The Morgan fingerprint density at radius 1 is 0.964 bits per heavy atom. The third-order valence-corrected chi connectivity index (χ3v) is 4.22. The van der Waals surface area contributed by atoms with Crippen LogP contribution < -0.4 is 24.8 Å². The molecule has 0 saturated heterocycles. The van der Waals surface area contributed by atoms with Crippen molar-refractivity contribution in [2.45, 2.75) is 13.0 Å². The maximum Gasteiger partial charge on any atom is 0.246 e. The molecule has 2 aromatic carbocycles. The molecule has 0 bridgehead atoms. The lowest BCUT2D eigenvalue weighted by Crippen LogP contribution is -2.32. The van der Waals surface area contributed by atoms with Crippen LogP contribution in [0, 0.1) is 0 Å². The highest BCUT2D eigenvalue weighted by Gasteiger charge is 2.20. The number of rotatable bonds is 7. The monoisotopic (exact) mass is 382 g/mol. The van der Waals surface area contributed by atoms with Gasteiger partial charge in [0.25, 0.3) is 0 Å². The molecule has 3 rings (SSSR count). The summed E-state index contributed by atoms with van der Waals surface area (Å²) in [5, 5.41) is 6.02. The second-order valence-corrected chi connectivity index (χ2v) is 6.00. The molecule has 8 nitrogen and oxygen atoms in total. The van der Waals surface area contributed by atoms with E-state index in [-0.39, 0.29) is 5.91 Å². The summed E-state index contributed by atoms with van der Waals surface area (Å²) in [6, 6.07) is 8.51. The van der Waals surface area contributed by atoms with E-state index in [0.29, 0.717) is 28.2 Å². The number of methoxy groups -OCH3 is 3. The van der Waals surface area contributed by atoms with Gasteiger partial charge < -0.3 is 24.8 Å². The number of carbonyl (C=O) groups is 1. The van der Waals surface area contributed by atoms with Crippen LogP contribution in [0.5, 0.6) is 17.2 Å². The molecule has 8 heteroatoms. The second-order valence-electron chi connectivity index (χ2n) is 6.00. The molecule has 146 valence electrons. The third kappa shape index (κ3) is 3.90. The van der Waals surface area contributed by atoms with E-state index >= 15 is 0 Å². The maximum atomic E-state index is 12.7. The molecule has 0 fully saturated rings. The van der Waals surface area contributed by atoms with Crippen molar-refractivity contribution in [1.29, 1.82) is 0 Å². The van der Waals surface area contributed by atoms with Gasteiger partial charge in [0, 0.05) is 24.1 Å². The van der Waals surface area contributed by atoms with Crippen molar-refractivity contribution in [1.82, 2.24) is 9.97 Å². The van der Waals surface area contributed by atoms with Crippen molar-refractivity contribution in [3.8, 4) is 17.2 Å². The topological polar surface area (TPSA) is 94.6 Å². The average molecular weight is 382 g/mol. The number of nitrogens with zero attached hydrogens (tertiary/aromatic N) is 2. The molecule has 1 amide bonds. The molecule has 1 heterocycles. The first-order valence-corrected chi connectivity index (χ1v) is 8.64. The van der Waals surface area contributed by atoms with Gasteiger partial charge in [0.15, 0.2) is 5.75 Å². The number of nitrogens with one attached hydrogen (secondary N) is 2. The molecule has 1 aromatic heterocycles. The second kappa shape index (κ2) is 8.43. The van der Waals surface area contributed by atoms with Crippen LogP contribution in [-0.4, -0.2) is 43.2 Å². The van der Waals surface area contributed by atoms with Gasteiger partial charge in [0.1, 0.15) is 28.6 Å². The zero-order chi connectivity index (χ0) is 20.1. The smallest absolute Gasteiger partial charge is 0.246 e. The minimum atomic E-state index is -0.498. The van der Waals surface area contributed by atoms with Gasteiger partial charge in [-0.25, -0.2) is 9.97 Å². The predicted molar refractivity (Wildman–Crippen MR) is 107 cm³/mol.